The minimum Gasteiger partial charge on any atom is -0.463 e. The first-order valence-corrected chi connectivity index (χ1v) is 11.6. The number of nitrogens with zero attached hydrogens (tertiary/aromatic N) is 1. The van der Waals surface area contributed by atoms with E-state index in [2.05, 4.69) is 0 Å². The molecule has 1 heterocycles. The molecule has 2 aliphatic rings. The van der Waals surface area contributed by atoms with Crippen LogP contribution in [0.15, 0.2) is 30.3 Å². The van der Waals surface area contributed by atoms with E-state index in [0.29, 0.717) is 18.7 Å². The molecule has 3 rings (SSSR count). The van der Waals surface area contributed by atoms with Crippen LogP contribution in [0, 0.1) is 11.8 Å². The first-order valence-electron chi connectivity index (χ1n) is 11.6. The summed E-state index contributed by atoms with van der Waals surface area (Å²) in [4.78, 5) is 27.1. The fourth-order valence-electron chi connectivity index (χ4n) is 4.65. The van der Waals surface area contributed by atoms with Crippen LogP contribution in [-0.2, 0) is 19.9 Å². The van der Waals surface area contributed by atoms with Crippen molar-refractivity contribution in [3.05, 3.63) is 35.9 Å². The zero-order valence-electron chi connectivity index (χ0n) is 19.1. The number of benzene rings is 1. The molecule has 6 heteroatoms. The van der Waals surface area contributed by atoms with E-state index in [1.165, 1.54) is 0 Å². The van der Waals surface area contributed by atoms with Gasteiger partial charge in [0.2, 0.25) is 0 Å². The van der Waals surface area contributed by atoms with Gasteiger partial charge >= 0.3 is 12.1 Å². The first-order chi connectivity index (χ1) is 14.7. The summed E-state index contributed by atoms with van der Waals surface area (Å²) in [7, 11) is 0. The number of hydrogen-bond donors (Lipinski definition) is 1. The summed E-state index contributed by atoms with van der Waals surface area (Å²) in [6.07, 6.45) is 6.06. The third-order valence-corrected chi connectivity index (χ3v) is 6.44. The molecule has 0 spiro atoms. The third kappa shape index (κ3) is 6.00. The second-order valence-corrected chi connectivity index (χ2v) is 9.98. The molecule has 1 aromatic carbocycles. The summed E-state index contributed by atoms with van der Waals surface area (Å²) in [6, 6.07) is 9.21. The van der Waals surface area contributed by atoms with Crippen molar-refractivity contribution in [1.29, 1.82) is 0 Å². The van der Waals surface area contributed by atoms with Gasteiger partial charge in [-0.25, -0.2) is 9.59 Å². The Morgan fingerprint density at radius 2 is 1.61 bits per heavy atom. The molecule has 1 N–H and O–H groups in total. The molecule has 0 radical (unpaired) electrons. The van der Waals surface area contributed by atoms with E-state index in [9.17, 15) is 14.7 Å². The van der Waals surface area contributed by atoms with E-state index in [1.54, 1.807) is 4.90 Å². The van der Waals surface area contributed by atoms with Crippen molar-refractivity contribution in [3.63, 3.8) is 0 Å². The number of piperidine rings is 1. The standard InChI is InChI=1S/C25H37NO5/c1-24(2,3)31-23(28)26-16-14-19(15-17-26)18-30-22(27)25(29,20-10-6-4-7-11-20)21-12-8-5-9-13-21/h4,6-7,10-11,19,21,29H,5,8-9,12-18H2,1-3H3. The van der Waals surface area contributed by atoms with Crippen LogP contribution in [0.3, 0.4) is 0 Å². The molecule has 1 aliphatic heterocycles. The molecule has 0 aromatic heterocycles. The molecule has 1 aromatic rings. The van der Waals surface area contributed by atoms with Gasteiger partial charge < -0.3 is 19.5 Å². The number of likely N-dealkylation sites (tertiary alicyclic amines) is 1. The Bertz CT molecular complexity index is 730. The highest BCUT2D eigenvalue weighted by Crippen LogP contribution is 2.40. The molecule has 31 heavy (non-hydrogen) atoms. The van der Waals surface area contributed by atoms with Crippen LogP contribution in [0.25, 0.3) is 0 Å². The summed E-state index contributed by atoms with van der Waals surface area (Å²) < 4.78 is 11.1. The largest absolute Gasteiger partial charge is 0.463 e. The lowest BCUT2D eigenvalue weighted by Crippen LogP contribution is -2.46. The van der Waals surface area contributed by atoms with Crippen molar-refractivity contribution in [2.45, 2.75) is 76.9 Å². The van der Waals surface area contributed by atoms with Gasteiger partial charge in [-0.3, -0.25) is 0 Å². The van der Waals surface area contributed by atoms with Crippen molar-refractivity contribution < 1.29 is 24.2 Å². The predicted molar refractivity (Wildman–Crippen MR) is 118 cm³/mol. The third-order valence-electron chi connectivity index (χ3n) is 6.44. The van der Waals surface area contributed by atoms with Crippen LogP contribution in [0.2, 0.25) is 0 Å². The minimum absolute atomic E-state index is 0.120. The lowest BCUT2D eigenvalue weighted by atomic mass is 9.73. The molecule has 1 atom stereocenters. The Hall–Kier alpha value is -2.08. The van der Waals surface area contributed by atoms with E-state index in [1.807, 2.05) is 51.1 Å². The van der Waals surface area contributed by atoms with Crippen LogP contribution in [0.5, 0.6) is 0 Å². The summed E-state index contributed by atoms with van der Waals surface area (Å²) in [6.45, 7) is 7.01. The first kappa shape index (κ1) is 23.6. The molecular formula is C25H37NO5. The number of ether oxygens (including phenoxy) is 2. The molecule has 0 bridgehead atoms. The molecule has 6 nitrogen and oxygen atoms in total. The molecule has 2 fully saturated rings. The Balaban J connectivity index is 1.58. The van der Waals surface area contributed by atoms with Crippen molar-refractivity contribution in [3.8, 4) is 0 Å². The fraction of sp³-hybridized carbons (Fsp3) is 0.680. The fourth-order valence-corrected chi connectivity index (χ4v) is 4.65. The van der Waals surface area contributed by atoms with Gasteiger partial charge in [0.15, 0.2) is 5.60 Å². The molecular weight excluding hydrogens is 394 g/mol. The van der Waals surface area contributed by atoms with E-state index in [-0.39, 0.29) is 24.5 Å². The number of rotatable bonds is 5. The molecule has 1 aliphatic carbocycles. The van der Waals surface area contributed by atoms with Crippen LogP contribution in [0.4, 0.5) is 4.79 Å². The van der Waals surface area contributed by atoms with Crippen molar-refractivity contribution in [2.24, 2.45) is 11.8 Å². The van der Waals surface area contributed by atoms with Crippen LogP contribution in [-0.4, -0.2) is 47.4 Å². The zero-order valence-corrected chi connectivity index (χ0v) is 19.1. The highest BCUT2D eigenvalue weighted by Gasteiger charge is 2.47. The molecule has 1 unspecified atom stereocenters. The highest BCUT2D eigenvalue weighted by molar-refractivity contribution is 5.81. The van der Waals surface area contributed by atoms with Crippen LogP contribution in [0.1, 0.15) is 71.3 Å². The molecule has 1 saturated carbocycles. The second kappa shape index (κ2) is 10.0. The van der Waals surface area contributed by atoms with Crippen LogP contribution < -0.4 is 0 Å². The number of hydrogen-bond acceptors (Lipinski definition) is 5. The van der Waals surface area contributed by atoms with Crippen molar-refractivity contribution >= 4 is 12.1 Å². The Morgan fingerprint density at radius 3 is 2.19 bits per heavy atom. The smallest absolute Gasteiger partial charge is 0.410 e. The lowest BCUT2D eigenvalue weighted by molar-refractivity contribution is -0.177. The summed E-state index contributed by atoms with van der Waals surface area (Å²) in [5.41, 5.74) is -1.49. The van der Waals surface area contributed by atoms with Gasteiger partial charge in [0.25, 0.3) is 0 Å². The summed E-state index contributed by atoms with van der Waals surface area (Å²) in [5.74, 6) is -0.487. The summed E-state index contributed by atoms with van der Waals surface area (Å²) in [5, 5.41) is 11.6. The average molecular weight is 432 g/mol. The number of amides is 1. The zero-order chi connectivity index (χ0) is 22.5. The molecule has 1 amide bonds. The maximum Gasteiger partial charge on any atom is 0.410 e. The van der Waals surface area contributed by atoms with E-state index in [0.717, 1.165) is 44.9 Å². The maximum atomic E-state index is 13.2. The number of esters is 1. The SMILES string of the molecule is CC(C)(C)OC(=O)N1CCC(COC(=O)C(O)(c2ccccc2)C2CCCCC2)CC1. The predicted octanol–water partition coefficient (Wildman–Crippen LogP) is 4.64. The topological polar surface area (TPSA) is 76.1 Å². The van der Waals surface area contributed by atoms with Gasteiger partial charge in [0.1, 0.15) is 5.60 Å². The lowest BCUT2D eigenvalue weighted by Gasteiger charge is -2.37. The molecule has 172 valence electrons. The van der Waals surface area contributed by atoms with Crippen molar-refractivity contribution in [1.82, 2.24) is 4.90 Å². The van der Waals surface area contributed by atoms with Gasteiger partial charge in [-0.2, -0.15) is 0 Å². The van der Waals surface area contributed by atoms with Gasteiger partial charge in [-0.15, -0.1) is 0 Å². The number of aliphatic hydroxyl groups is 1. The van der Waals surface area contributed by atoms with E-state index < -0.39 is 17.2 Å². The van der Waals surface area contributed by atoms with E-state index >= 15 is 0 Å². The van der Waals surface area contributed by atoms with Gasteiger partial charge in [-0.05, 0) is 57.9 Å². The van der Waals surface area contributed by atoms with Gasteiger partial charge in [-0.1, -0.05) is 49.6 Å². The Morgan fingerprint density at radius 1 is 1.00 bits per heavy atom. The monoisotopic (exact) mass is 431 g/mol. The highest BCUT2D eigenvalue weighted by atomic mass is 16.6. The van der Waals surface area contributed by atoms with Gasteiger partial charge in [0.05, 0.1) is 6.61 Å². The number of carbonyl (C=O) groups excluding carboxylic acids is 2. The van der Waals surface area contributed by atoms with Crippen molar-refractivity contribution in [2.75, 3.05) is 19.7 Å². The maximum absolute atomic E-state index is 13.2. The molecule has 1 saturated heterocycles. The normalized spacial score (nSPS) is 20.7. The summed E-state index contributed by atoms with van der Waals surface area (Å²) >= 11 is 0. The van der Waals surface area contributed by atoms with Gasteiger partial charge in [0, 0.05) is 19.0 Å². The van der Waals surface area contributed by atoms with E-state index in [4.69, 9.17) is 9.47 Å². The number of carbonyl (C=O) groups is 2. The average Bonchev–Trinajstić information content (AvgIpc) is 2.77. The minimum atomic E-state index is -1.60. The quantitative estimate of drug-likeness (QED) is 0.687. The second-order valence-electron chi connectivity index (χ2n) is 9.98. The van der Waals surface area contributed by atoms with Crippen LogP contribution >= 0.6 is 0 Å². The Labute approximate surface area is 185 Å². The Kier molecular flexibility index (Phi) is 7.63.